The van der Waals surface area contributed by atoms with Crippen molar-refractivity contribution in [1.29, 1.82) is 0 Å². The number of anilines is 1. The molecule has 11 nitrogen and oxygen atoms in total. The van der Waals surface area contributed by atoms with E-state index in [0.717, 1.165) is 16.2 Å². The number of carbonyl (C=O) groups excluding carboxylic acids is 1. The molecule has 4 aromatic rings. The van der Waals surface area contributed by atoms with Gasteiger partial charge in [-0.25, -0.2) is 10.1 Å². The predicted octanol–water partition coefficient (Wildman–Crippen LogP) is 1.73. The van der Waals surface area contributed by atoms with Gasteiger partial charge in [0, 0.05) is 0 Å². The van der Waals surface area contributed by atoms with E-state index in [1.54, 1.807) is 19.2 Å². The number of benzene rings is 1. The van der Waals surface area contributed by atoms with Crippen LogP contribution in [-0.4, -0.2) is 44.5 Å². The van der Waals surface area contributed by atoms with Gasteiger partial charge in [0.15, 0.2) is 5.69 Å². The number of nitrogens with two attached hydrogens (primary N) is 1. The zero-order valence-corrected chi connectivity index (χ0v) is 15.8. The summed E-state index contributed by atoms with van der Waals surface area (Å²) < 4.78 is 11.0. The number of hydrogen-bond donors (Lipinski definition) is 2. The molecule has 0 unspecified atom stereocenters. The van der Waals surface area contributed by atoms with Crippen LogP contribution in [0.1, 0.15) is 16.1 Å². The molecule has 0 spiro atoms. The van der Waals surface area contributed by atoms with Gasteiger partial charge in [0.2, 0.25) is 11.6 Å². The molecule has 0 aliphatic heterocycles. The molecule has 146 valence electrons. The third-order valence-electron chi connectivity index (χ3n) is 3.83. The SMILES string of the molecule is COc1ccc(/C=N/NC(=O)c2nnn(-c3nonc3N)c2-c2cccs2)cc1. The first-order valence-electron chi connectivity index (χ1n) is 8.23. The molecule has 0 fully saturated rings. The maximum atomic E-state index is 12.7. The number of nitrogens with one attached hydrogen (secondary N) is 1. The number of methoxy groups -OCH3 is 1. The summed E-state index contributed by atoms with van der Waals surface area (Å²) in [5, 5.41) is 21.1. The van der Waals surface area contributed by atoms with Crippen molar-refractivity contribution in [1.82, 2.24) is 30.7 Å². The van der Waals surface area contributed by atoms with E-state index in [2.05, 4.69) is 35.8 Å². The number of rotatable bonds is 6. The fourth-order valence-corrected chi connectivity index (χ4v) is 3.22. The van der Waals surface area contributed by atoms with Crippen LogP contribution in [0, 0.1) is 0 Å². The van der Waals surface area contributed by atoms with Gasteiger partial charge in [-0.15, -0.1) is 16.4 Å². The highest BCUT2D eigenvalue weighted by atomic mass is 32.1. The van der Waals surface area contributed by atoms with E-state index in [1.165, 1.54) is 22.2 Å². The molecule has 3 N–H and O–H groups in total. The molecule has 1 amide bonds. The number of nitrogens with zero attached hydrogens (tertiary/aromatic N) is 6. The number of amides is 1. The van der Waals surface area contributed by atoms with Gasteiger partial charge in [-0.3, -0.25) is 4.79 Å². The molecule has 29 heavy (non-hydrogen) atoms. The lowest BCUT2D eigenvalue weighted by atomic mass is 10.2. The highest BCUT2D eigenvalue weighted by molar-refractivity contribution is 7.13. The Balaban J connectivity index is 1.60. The summed E-state index contributed by atoms with van der Waals surface area (Å²) in [7, 11) is 1.59. The first-order chi connectivity index (χ1) is 14.2. The molecule has 0 saturated carbocycles. The summed E-state index contributed by atoms with van der Waals surface area (Å²) in [5.41, 5.74) is 9.46. The Kier molecular flexibility index (Phi) is 4.99. The van der Waals surface area contributed by atoms with Crippen LogP contribution in [0.15, 0.2) is 51.5 Å². The van der Waals surface area contributed by atoms with Crippen LogP contribution in [0.5, 0.6) is 5.75 Å². The van der Waals surface area contributed by atoms with Crippen molar-refractivity contribution >= 4 is 29.3 Å². The van der Waals surface area contributed by atoms with E-state index in [9.17, 15) is 4.79 Å². The largest absolute Gasteiger partial charge is 0.497 e. The molecule has 0 radical (unpaired) electrons. The average molecular weight is 410 g/mol. The van der Waals surface area contributed by atoms with Crippen molar-refractivity contribution in [3.8, 4) is 22.1 Å². The molecule has 0 saturated heterocycles. The smallest absolute Gasteiger partial charge is 0.294 e. The fourth-order valence-electron chi connectivity index (χ4n) is 2.46. The summed E-state index contributed by atoms with van der Waals surface area (Å²) in [5.74, 6) is 0.350. The zero-order chi connectivity index (χ0) is 20.2. The Labute approximate surface area is 167 Å². The molecule has 0 atom stereocenters. The third-order valence-corrected chi connectivity index (χ3v) is 4.71. The van der Waals surface area contributed by atoms with Gasteiger partial charge in [-0.05, 0) is 51.6 Å². The Morgan fingerprint density at radius 2 is 2.14 bits per heavy atom. The van der Waals surface area contributed by atoms with Gasteiger partial charge >= 0.3 is 0 Å². The normalized spacial score (nSPS) is 11.1. The third kappa shape index (κ3) is 3.68. The standard InChI is InChI=1S/C17H14N8O3S/c1-27-11-6-4-10(5-7-11)9-19-21-17(26)13-14(12-3-2-8-29-12)25(24-20-13)16-15(18)22-28-23-16/h2-9H,1H3,(H2,18,22)(H,21,26)/b19-9+. The van der Waals surface area contributed by atoms with Gasteiger partial charge in [-0.1, -0.05) is 11.3 Å². The first kappa shape index (κ1) is 18.3. The van der Waals surface area contributed by atoms with E-state index in [1.807, 2.05) is 29.6 Å². The molecule has 0 aliphatic carbocycles. The van der Waals surface area contributed by atoms with Crippen molar-refractivity contribution in [3.63, 3.8) is 0 Å². The first-order valence-corrected chi connectivity index (χ1v) is 9.11. The van der Waals surface area contributed by atoms with Gasteiger partial charge in [0.05, 0.1) is 18.2 Å². The number of carbonyl (C=O) groups is 1. The monoisotopic (exact) mass is 410 g/mol. The van der Waals surface area contributed by atoms with Crippen molar-refractivity contribution in [2.45, 2.75) is 0 Å². The maximum Gasteiger partial charge on any atom is 0.294 e. The van der Waals surface area contributed by atoms with E-state index in [-0.39, 0.29) is 17.3 Å². The van der Waals surface area contributed by atoms with Crippen LogP contribution in [0.4, 0.5) is 5.82 Å². The van der Waals surface area contributed by atoms with Crippen LogP contribution >= 0.6 is 11.3 Å². The Morgan fingerprint density at radius 1 is 1.31 bits per heavy atom. The summed E-state index contributed by atoms with van der Waals surface area (Å²) in [4.78, 5) is 13.4. The van der Waals surface area contributed by atoms with Crippen molar-refractivity contribution in [2.24, 2.45) is 5.10 Å². The number of hydrazone groups is 1. The average Bonchev–Trinajstić information content (AvgIpc) is 3.48. The number of nitrogen functional groups attached to an aromatic ring is 1. The minimum absolute atomic E-state index is 0.0252. The molecular formula is C17H14N8O3S. The van der Waals surface area contributed by atoms with Gasteiger partial charge in [0.25, 0.3) is 5.91 Å². The minimum Gasteiger partial charge on any atom is -0.497 e. The second-order valence-electron chi connectivity index (χ2n) is 5.62. The van der Waals surface area contributed by atoms with Crippen LogP contribution in [0.3, 0.4) is 0 Å². The zero-order valence-electron chi connectivity index (χ0n) is 15.0. The van der Waals surface area contributed by atoms with E-state index in [4.69, 9.17) is 10.5 Å². The highest BCUT2D eigenvalue weighted by Crippen LogP contribution is 2.29. The van der Waals surface area contributed by atoms with Gasteiger partial charge in [0.1, 0.15) is 11.4 Å². The summed E-state index contributed by atoms with van der Waals surface area (Å²) in [6.45, 7) is 0. The molecule has 0 bridgehead atoms. The van der Waals surface area contributed by atoms with E-state index >= 15 is 0 Å². The Bertz CT molecular complexity index is 1150. The second-order valence-corrected chi connectivity index (χ2v) is 6.57. The number of aromatic nitrogens is 5. The number of hydrogen-bond acceptors (Lipinski definition) is 10. The van der Waals surface area contributed by atoms with E-state index < -0.39 is 5.91 Å². The molecule has 3 heterocycles. The number of thiophene rings is 1. The van der Waals surface area contributed by atoms with Crippen molar-refractivity contribution < 1.29 is 14.2 Å². The lowest BCUT2D eigenvalue weighted by Gasteiger charge is -2.03. The topological polar surface area (TPSA) is 146 Å². The van der Waals surface area contributed by atoms with Crippen molar-refractivity contribution in [3.05, 3.63) is 53.0 Å². The molecule has 12 heteroatoms. The summed E-state index contributed by atoms with van der Waals surface area (Å²) >= 11 is 1.40. The molecule has 4 rings (SSSR count). The summed E-state index contributed by atoms with van der Waals surface area (Å²) in [6.07, 6.45) is 1.51. The van der Waals surface area contributed by atoms with Crippen LogP contribution in [-0.2, 0) is 0 Å². The van der Waals surface area contributed by atoms with Crippen LogP contribution in [0.2, 0.25) is 0 Å². The molecule has 0 aliphatic rings. The van der Waals surface area contributed by atoms with Crippen molar-refractivity contribution in [2.75, 3.05) is 12.8 Å². The minimum atomic E-state index is -0.542. The lowest BCUT2D eigenvalue weighted by Crippen LogP contribution is -2.19. The summed E-state index contributed by atoms with van der Waals surface area (Å²) in [6, 6.07) is 10.9. The Morgan fingerprint density at radius 3 is 2.79 bits per heavy atom. The molecule has 3 aromatic heterocycles. The highest BCUT2D eigenvalue weighted by Gasteiger charge is 2.25. The van der Waals surface area contributed by atoms with Gasteiger partial charge < -0.3 is 10.5 Å². The lowest BCUT2D eigenvalue weighted by molar-refractivity contribution is 0.0951. The van der Waals surface area contributed by atoms with E-state index in [0.29, 0.717) is 5.69 Å². The predicted molar refractivity (Wildman–Crippen MR) is 105 cm³/mol. The van der Waals surface area contributed by atoms with Gasteiger partial charge in [-0.2, -0.15) is 9.78 Å². The second kappa shape index (κ2) is 7.90. The quantitative estimate of drug-likeness (QED) is 0.361. The fraction of sp³-hybridized carbons (Fsp3) is 0.0588. The molecular weight excluding hydrogens is 396 g/mol. The van der Waals surface area contributed by atoms with Crippen LogP contribution in [0.25, 0.3) is 16.4 Å². The Hall–Kier alpha value is -4.06. The van der Waals surface area contributed by atoms with Crippen LogP contribution < -0.4 is 15.9 Å². The maximum absolute atomic E-state index is 12.7. The number of ether oxygens (including phenoxy) is 1. The molecule has 1 aromatic carbocycles.